The molecule has 12 rings (SSSR count). The molecular formula is C73H67ClO14. The summed E-state index contributed by atoms with van der Waals surface area (Å²) in [6.07, 6.45) is 0. The molecule has 3 aliphatic heterocycles. The summed E-state index contributed by atoms with van der Waals surface area (Å²) in [4.78, 5) is 37.5. The largest absolute Gasteiger partial charge is 0.497 e. The maximum atomic E-state index is 13.1. The Kier molecular flexibility index (Phi) is 19.3. The van der Waals surface area contributed by atoms with Crippen molar-refractivity contribution in [3.05, 3.63) is 310 Å². The van der Waals surface area contributed by atoms with E-state index in [1.54, 1.807) is 93.9 Å². The highest BCUT2D eigenvalue weighted by Gasteiger charge is 2.56. The van der Waals surface area contributed by atoms with Crippen LogP contribution in [0.4, 0.5) is 0 Å². The summed E-state index contributed by atoms with van der Waals surface area (Å²) in [6.45, 7) is 3.16. The van der Waals surface area contributed by atoms with Gasteiger partial charge in [-0.1, -0.05) is 206 Å². The lowest BCUT2D eigenvalue weighted by molar-refractivity contribution is -0.290. The lowest BCUT2D eigenvalue weighted by Crippen LogP contribution is -2.55. The van der Waals surface area contributed by atoms with Gasteiger partial charge in [0.15, 0.2) is 0 Å². The minimum absolute atomic E-state index is 0.163. The van der Waals surface area contributed by atoms with Crippen molar-refractivity contribution in [2.45, 2.75) is 40.5 Å². The number of methoxy groups -OCH3 is 2. The molecule has 3 fully saturated rings. The molecule has 9 aromatic rings. The molecule has 88 heavy (non-hydrogen) atoms. The van der Waals surface area contributed by atoms with E-state index in [9.17, 15) is 24.6 Å². The molecule has 0 atom stereocenters. The molecule has 3 heterocycles. The molecule has 0 unspecified atom stereocenters. The molecular weight excluding hydrogens is 1140 g/mol. The van der Waals surface area contributed by atoms with Crippen molar-refractivity contribution < 1.29 is 67.2 Å². The zero-order valence-corrected chi connectivity index (χ0v) is 49.6. The third kappa shape index (κ3) is 12.3. The Balaban J connectivity index is 0.000000146. The molecule has 9 aromatic carbocycles. The molecule has 450 valence electrons. The Labute approximate surface area is 516 Å². The highest BCUT2D eigenvalue weighted by Crippen LogP contribution is 2.47. The Bertz CT molecular complexity index is 3560. The van der Waals surface area contributed by atoms with E-state index in [2.05, 4.69) is 24.3 Å². The van der Waals surface area contributed by atoms with E-state index >= 15 is 0 Å². The normalized spacial score (nSPS) is 17.4. The molecule has 3 saturated heterocycles. The quantitative estimate of drug-likeness (QED) is 0.0928. The molecule has 14 nitrogen and oxygen atoms in total. The molecule has 0 saturated carbocycles. The summed E-state index contributed by atoms with van der Waals surface area (Å²) < 4.78 is 52.6. The smallest absolute Gasteiger partial charge is 0.372 e. The predicted octanol–water partition coefficient (Wildman–Crippen LogP) is 13.0. The lowest BCUT2D eigenvalue weighted by atomic mass is 9.75. The summed E-state index contributed by atoms with van der Waals surface area (Å²) in [7, 11) is 3.15. The molecule has 0 spiro atoms. The molecule has 0 amide bonds. The van der Waals surface area contributed by atoms with Crippen molar-refractivity contribution in [1.82, 2.24) is 0 Å². The van der Waals surface area contributed by atoms with Gasteiger partial charge in [-0.25, -0.2) is 14.4 Å². The number of esters is 1. The first-order valence-corrected chi connectivity index (χ1v) is 29.1. The first-order valence-electron chi connectivity index (χ1n) is 28.7. The van der Waals surface area contributed by atoms with Gasteiger partial charge < -0.3 is 52.8 Å². The number of aliphatic carboxylic acids is 2. The zero-order chi connectivity index (χ0) is 61.7. The number of carboxylic acid groups (broad SMARTS) is 2. The van der Waals surface area contributed by atoms with Gasteiger partial charge in [0.25, 0.3) is 17.4 Å². The van der Waals surface area contributed by atoms with Gasteiger partial charge in [-0.15, -0.1) is 0 Å². The van der Waals surface area contributed by atoms with Gasteiger partial charge in [0.05, 0.1) is 76.7 Å². The Morgan fingerprint density at radius 1 is 0.352 bits per heavy atom. The van der Waals surface area contributed by atoms with Crippen molar-refractivity contribution in [1.29, 1.82) is 0 Å². The van der Waals surface area contributed by atoms with Crippen molar-refractivity contribution >= 4 is 29.5 Å². The zero-order valence-electron chi connectivity index (χ0n) is 48.9. The van der Waals surface area contributed by atoms with Crippen LogP contribution in [0.1, 0.15) is 57.0 Å². The summed E-state index contributed by atoms with van der Waals surface area (Å²) >= 11 is 5.95. The number of rotatable bonds is 15. The number of hydrogen-bond donors (Lipinski definition) is 2. The van der Waals surface area contributed by atoms with E-state index < -0.39 is 51.5 Å². The molecule has 0 bridgehead atoms. The van der Waals surface area contributed by atoms with Crippen LogP contribution in [0, 0.1) is 0 Å². The van der Waals surface area contributed by atoms with Gasteiger partial charge in [0.2, 0.25) is 0 Å². The number of hydrogen-bond acceptors (Lipinski definition) is 12. The van der Waals surface area contributed by atoms with Crippen LogP contribution in [0.3, 0.4) is 0 Å². The SMILES string of the molecule is CCOC(=O)C1(c2ccc(OC)cc2)OCC(c2ccccc2)(c2ccccc2)CO1.COc1ccc(C2(C(=O)O)OCC(c3ccccc3)(c3ccccc3)CO2)cc1.O=C(O)C1(c2ccc(Cl)cc2)OCC(c2ccccc2)(c2ccccc2)CO1. The summed E-state index contributed by atoms with van der Waals surface area (Å²) in [6, 6.07) is 80.1. The fraction of sp³-hybridized carbons (Fsp3) is 0.219. The highest BCUT2D eigenvalue weighted by atomic mass is 35.5. The first-order chi connectivity index (χ1) is 42.8. The number of benzene rings is 9. The van der Waals surface area contributed by atoms with Crippen molar-refractivity contribution in [2.24, 2.45) is 0 Å². The molecule has 0 radical (unpaired) electrons. The van der Waals surface area contributed by atoms with Crippen LogP contribution < -0.4 is 9.47 Å². The van der Waals surface area contributed by atoms with Crippen molar-refractivity contribution in [3.63, 3.8) is 0 Å². The number of carbonyl (C=O) groups excluding carboxylic acids is 1. The Hall–Kier alpha value is -8.96. The second-order valence-corrected chi connectivity index (χ2v) is 21.8. The minimum atomic E-state index is -1.86. The van der Waals surface area contributed by atoms with Crippen LogP contribution in [0.25, 0.3) is 0 Å². The van der Waals surface area contributed by atoms with Crippen LogP contribution in [-0.2, 0) is 81.1 Å². The maximum absolute atomic E-state index is 13.1. The van der Waals surface area contributed by atoms with E-state index in [0.717, 1.165) is 33.4 Å². The number of halogens is 1. The average Bonchev–Trinajstić information content (AvgIpc) is 1.16. The van der Waals surface area contributed by atoms with Crippen molar-refractivity contribution in [3.8, 4) is 11.5 Å². The third-order valence-corrected chi connectivity index (χ3v) is 16.6. The standard InChI is InChI=1S/C26H26O5.C24H22O5.C23H19ClO4/c1-3-29-24(27)26(22-14-16-23(28-2)17-15-22)30-18-25(19-31-26,20-10-6-4-7-11-20)21-12-8-5-9-13-21;1-27-21-14-12-20(13-15-21)24(22(25)26)28-16-23(17-29-24,18-8-4-2-5-9-18)19-10-6-3-7-11-19;24-20-13-11-19(12-14-20)23(21(25)26)27-15-22(16-28-23,17-7-3-1-4-8-17)18-9-5-2-6-10-18/h4-17H,3,18-19H2,1-2H3;2-15H,16-17H2,1H3,(H,25,26);1-14H,15-16H2,(H,25,26). The predicted molar refractivity (Wildman–Crippen MR) is 331 cm³/mol. The number of carbonyl (C=O) groups is 3. The molecule has 0 aliphatic carbocycles. The summed E-state index contributed by atoms with van der Waals surface area (Å²) in [5.74, 6) is -6.97. The average molecular weight is 1200 g/mol. The van der Waals surface area contributed by atoms with Crippen LogP contribution in [0.2, 0.25) is 5.02 Å². The Morgan fingerprint density at radius 2 is 0.580 bits per heavy atom. The fourth-order valence-corrected chi connectivity index (χ4v) is 11.5. The second kappa shape index (κ2) is 27.4. The summed E-state index contributed by atoms with van der Waals surface area (Å²) in [5.41, 5.74) is 5.81. The maximum Gasteiger partial charge on any atom is 0.372 e. The highest BCUT2D eigenvalue weighted by molar-refractivity contribution is 6.30. The monoisotopic (exact) mass is 1200 g/mol. The van der Waals surface area contributed by atoms with E-state index in [4.69, 9.17) is 54.2 Å². The van der Waals surface area contributed by atoms with Gasteiger partial charge in [-0.2, -0.15) is 0 Å². The van der Waals surface area contributed by atoms with Gasteiger partial charge in [0.1, 0.15) is 11.5 Å². The Morgan fingerprint density at radius 3 is 0.807 bits per heavy atom. The molecule has 3 aliphatic rings. The fourth-order valence-electron chi connectivity index (χ4n) is 11.4. The van der Waals surface area contributed by atoms with Gasteiger partial charge in [0, 0.05) is 21.7 Å². The van der Waals surface area contributed by atoms with Crippen LogP contribution >= 0.6 is 11.6 Å². The minimum Gasteiger partial charge on any atom is -0.497 e. The number of ether oxygens (including phenoxy) is 9. The number of carboxylic acids is 2. The second-order valence-electron chi connectivity index (χ2n) is 21.3. The van der Waals surface area contributed by atoms with E-state index in [1.165, 1.54) is 0 Å². The lowest BCUT2D eigenvalue weighted by Gasteiger charge is -2.45. The summed E-state index contributed by atoms with van der Waals surface area (Å²) in [5, 5.41) is 20.5. The van der Waals surface area contributed by atoms with Crippen LogP contribution in [0.15, 0.2) is 255 Å². The molecule has 0 aromatic heterocycles. The molecule has 15 heteroatoms. The van der Waals surface area contributed by atoms with Crippen LogP contribution in [-0.4, -0.2) is 88.6 Å². The molecule has 2 N–H and O–H groups in total. The van der Waals surface area contributed by atoms with Gasteiger partial charge in [-0.3, -0.25) is 0 Å². The van der Waals surface area contributed by atoms with E-state index in [1.807, 2.05) is 158 Å². The van der Waals surface area contributed by atoms with E-state index in [-0.39, 0.29) is 46.2 Å². The van der Waals surface area contributed by atoms with Gasteiger partial charge in [-0.05, 0) is 101 Å². The van der Waals surface area contributed by atoms with Gasteiger partial charge >= 0.3 is 17.9 Å². The van der Waals surface area contributed by atoms with E-state index in [0.29, 0.717) is 33.2 Å². The third-order valence-electron chi connectivity index (χ3n) is 16.4. The topological polar surface area (TPSA) is 175 Å². The first kappa shape index (κ1) is 62.1. The van der Waals surface area contributed by atoms with Crippen LogP contribution in [0.5, 0.6) is 11.5 Å². The van der Waals surface area contributed by atoms with Crippen molar-refractivity contribution in [2.75, 3.05) is 60.5 Å².